The first-order chi connectivity index (χ1) is 29.4. The molecule has 6 bridgehead atoms. The van der Waals surface area contributed by atoms with E-state index < -0.39 is 20.2 Å². The molecule has 0 aromatic rings. The van der Waals surface area contributed by atoms with E-state index in [9.17, 15) is 31.2 Å². The zero-order valence-corrected chi connectivity index (χ0v) is 40.2. The molecule has 17 heteroatoms. The van der Waals surface area contributed by atoms with Gasteiger partial charge in [0.25, 0.3) is 20.2 Å². The van der Waals surface area contributed by atoms with Crippen LogP contribution >= 0.6 is 0 Å². The first-order valence-electron chi connectivity index (χ1n) is 23.6. The fourth-order valence-electron chi connectivity index (χ4n) is 10.4. The molecule has 0 aromatic heterocycles. The summed E-state index contributed by atoms with van der Waals surface area (Å²) in [5.41, 5.74) is 0. The Labute approximate surface area is 366 Å². The molecule has 5 saturated carbocycles. The van der Waals surface area contributed by atoms with E-state index in [1.54, 1.807) is 0 Å². The summed E-state index contributed by atoms with van der Waals surface area (Å²) in [5, 5.41) is -0.133. The summed E-state index contributed by atoms with van der Waals surface area (Å²) in [6, 6.07) is 0. The first kappa shape index (κ1) is 53.4. The van der Waals surface area contributed by atoms with Crippen LogP contribution in [0.15, 0.2) is 0 Å². The molecule has 0 aromatic carbocycles. The highest BCUT2D eigenvalue weighted by atomic mass is 32.2. The number of cyclic esters (lactones) is 1. The van der Waals surface area contributed by atoms with Crippen LogP contribution in [0, 0.1) is 41.4 Å². The third-order valence-corrected chi connectivity index (χ3v) is 15.7. The standard InChI is InChI=1S/C10H14O2.C7H8O5.C7H10O3S.C7H10O2.C3H6O3S.5C2H6/c11-10-8-2-6-1-7(3-8)5-9(4-6)12-10;8-4-1-3-5(12-4)6-7(11-3)10-2-9-6;8-11(9)7-3-4-1-5(7)6(2-4)10-11;8-7-6-3-1-2-5(6)4-9-7;4-7(5)3-1-2-6-7;5*1-2/h6-9H,1-5H2;3,5-7H,1-2H2;4-7H,1-3H2;5-6H,1-4H2;1-3H2;5*1-2H3. The zero-order valence-electron chi connectivity index (χ0n) is 38.5. The number of carbonyl (C=O) groups excluding carboxylic acids is 3. The molecule has 0 radical (unpaired) electrons. The molecule has 0 amide bonds. The summed E-state index contributed by atoms with van der Waals surface area (Å²) in [7, 11) is -6.18. The van der Waals surface area contributed by atoms with Crippen LogP contribution in [0.3, 0.4) is 0 Å². The van der Waals surface area contributed by atoms with E-state index in [0.717, 1.165) is 63.2 Å². The van der Waals surface area contributed by atoms with Crippen molar-refractivity contribution in [2.45, 2.75) is 195 Å². The molecule has 356 valence electrons. The van der Waals surface area contributed by atoms with Gasteiger partial charge in [0, 0.05) is 11.8 Å². The maximum Gasteiger partial charge on any atom is 0.309 e. The summed E-state index contributed by atoms with van der Waals surface area (Å²) in [6.07, 6.45) is 12.7. The van der Waals surface area contributed by atoms with Crippen LogP contribution in [0.1, 0.15) is 153 Å². The van der Waals surface area contributed by atoms with Crippen LogP contribution in [0.5, 0.6) is 0 Å². The Morgan fingerprint density at radius 3 is 1.82 bits per heavy atom. The van der Waals surface area contributed by atoms with Gasteiger partial charge >= 0.3 is 17.9 Å². The molecule has 12 atom stereocenters. The molecule has 8 saturated heterocycles. The number of carbonyl (C=O) groups is 3. The Bertz CT molecular complexity index is 1540. The van der Waals surface area contributed by atoms with Crippen LogP contribution in [0.2, 0.25) is 0 Å². The van der Waals surface area contributed by atoms with Crippen LogP contribution < -0.4 is 0 Å². The second-order valence-corrected chi connectivity index (χ2v) is 19.6. The summed E-state index contributed by atoms with van der Waals surface area (Å²) in [5.74, 6) is 3.88. The van der Waals surface area contributed by atoms with Crippen molar-refractivity contribution >= 4 is 38.1 Å². The lowest BCUT2D eigenvalue weighted by atomic mass is 9.68. The minimum atomic E-state index is -3.13. The number of hydrogen-bond donors (Lipinski definition) is 0. The van der Waals surface area contributed by atoms with Crippen molar-refractivity contribution in [1.82, 2.24) is 0 Å². The van der Waals surface area contributed by atoms with E-state index in [1.807, 2.05) is 69.2 Å². The van der Waals surface area contributed by atoms with E-state index >= 15 is 0 Å². The van der Waals surface area contributed by atoms with Crippen LogP contribution in [0.4, 0.5) is 0 Å². The van der Waals surface area contributed by atoms with Gasteiger partial charge in [-0.05, 0) is 88.4 Å². The van der Waals surface area contributed by atoms with Gasteiger partial charge in [0.15, 0.2) is 25.3 Å². The lowest BCUT2D eigenvalue weighted by molar-refractivity contribution is -0.151. The maximum absolute atomic E-state index is 11.4. The van der Waals surface area contributed by atoms with E-state index in [-0.39, 0.29) is 84.3 Å². The highest BCUT2D eigenvalue weighted by Gasteiger charge is 2.59. The van der Waals surface area contributed by atoms with E-state index in [4.69, 9.17) is 32.6 Å². The minimum absolute atomic E-state index is 0.0532. The normalized spacial score (nSPS) is 39.9. The molecule has 0 N–H and O–H groups in total. The van der Waals surface area contributed by atoms with Crippen molar-refractivity contribution in [3.63, 3.8) is 0 Å². The summed E-state index contributed by atoms with van der Waals surface area (Å²) in [6.45, 7) is 21.3. The number of rotatable bonds is 0. The van der Waals surface area contributed by atoms with Gasteiger partial charge in [0.1, 0.15) is 12.2 Å². The van der Waals surface area contributed by atoms with Gasteiger partial charge in [-0.3, -0.25) is 22.7 Å². The van der Waals surface area contributed by atoms with Gasteiger partial charge in [-0.1, -0.05) is 75.7 Å². The van der Waals surface area contributed by atoms with Crippen molar-refractivity contribution in [3.05, 3.63) is 0 Å². The maximum atomic E-state index is 11.4. The quantitative estimate of drug-likeness (QED) is 0.132. The van der Waals surface area contributed by atoms with Gasteiger partial charge in [-0.25, -0.2) is 0 Å². The zero-order chi connectivity index (χ0) is 45.5. The average molecular weight is 911 g/mol. The molecular formula is C44H78O15S2. The Balaban J connectivity index is 0.000000195. The van der Waals surface area contributed by atoms with E-state index in [2.05, 4.69) is 4.18 Å². The second kappa shape index (κ2) is 25.6. The lowest BCUT2D eigenvalue weighted by Gasteiger charge is -2.35. The topological polar surface area (TPSA) is 193 Å². The third kappa shape index (κ3) is 13.8. The fraction of sp³-hybridized carbons (Fsp3) is 0.932. The predicted octanol–water partition coefficient (Wildman–Crippen LogP) is 7.48. The molecule has 0 spiro atoms. The van der Waals surface area contributed by atoms with Gasteiger partial charge in [-0.15, -0.1) is 0 Å². The molecule has 8 aliphatic heterocycles. The molecule has 13 aliphatic rings. The van der Waals surface area contributed by atoms with Crippen molar-refractivity contribution < 1.29 is 68.0 Å². The van der Waals surface area contributed by atoms with Crippen molar-refractivity contribution in [2.75, 3.05) is 25.8 Å². The molecule has 13 fully saturated rings. The Hall–Kier alpha value is -1.89. The molecule has 13 rings (SSSR count). The van der Waals surface area contributed by atoms with Gasteiger partial charge in [0.05, 0.1) is 48.6 Å². The van der Waals surface area contributed by atoms with Crippen LogP contribution in [-0.2, 0) is 71.4 Å². The largest absolute Gasteiger partial charge is 0.465 e. The molecule has 5 aliphatic carbocycles. The van der Waals surface area contributed by atoms with Crippen molar-refractivity contribution in [2.24, 2.45) is 41.4 Å². The number of hydrogen-bond acceptors (Lipinski definition) is 15. The number of ether oxygens (including phenoxy) is 6. The number of esters is 3. The van der Waals surface area contributed by atoms with Crippen molar-refractivity contribution in [3.8, 4) is 0 Å². The van der Waals surface area contributed by atoms with Crippen molar-refractivity contribution in [1.29, 1.82) is 0 Å². The molecule has 15 nitrogen and oxygen atoms in total. The SMILES string of the molecule is CC.CC.CC.CC.CC.O=C1CC2OC3OCOC3C2O1.O=C1OC2CC3CC(C2)CC1C3.O=C1OCC2CCCC12.O=S1(=O)CCCO1.O=S1(=O)OC2CC3CC2C1C3. The van der Waals surface area contributed by atoms with E-state index in [0.29, 0.717) is 43.8 Å². The highest BCUT2D eigenvalue weighted by molar-refractivity contribution is 7.87. The third-order valence-electron chi connectivity index (χ3n) is 12.6. The second-order valence-electron chi connectivity index (χ2n) is 16.1. The first-order valence-corrected chi connectivity index (χ1v) is 26.7. The minimum Gasteiger partial charge on any atom is -0.465 e. The predicted molar refractivity (Wildman–Crippen MR) is 229 cm³/mol. The Morgan fingerprint density at radius 1 is 0.623 bits per heavy atom. The van der Waals surface area contributed by atoms with Gasteiger partial charge in [-0.2, -0.15) is 16.8 Å². The van der Waals surface area contributed by atoms with Crippen LogP contribution in [0.25, 0.3) is 0 Å². The molecular weight excluding hydrogens is 833 g/mol. The summed E-state index contributed by atoms with van der Waals surface area (Å²) in [4.78, 5) is 33.1. The summed E-state index contributed by atoms with van der Waals surface area (Å²) >= 11 is 0. The smallest absolute Gasteiger partial charge is 0.309 e. The fourth-order valence-corrected chi connectivity index (χ4v) is 13.3. The molecule has 12 unspecified atom stereocenters. The van der Waals surface area contributed by atoms with Crippen LogP contribution in [-0.4, -0.2) is 103 Å². The van der Waals surface area contributed by atoms with Gasteiger partial charge < -0.3 is 28.4 Å². The lowest BCUT2D eigenvalue weighted by Crippen LogP contribution is -2.30. The van der Waals surface area contributed by atoms with Gasteiger partial charge in [0.2, 0.25) is 0 Å². The monoisotopic (exact) mass is 910 g/mol. The highest BCUT2D eigenvalue weighted by Crippen LogP contribution is 2.54. The number of fused-ring (bicyclic) bond motifs is 6. The molecule has 61 heavy (non-hydrogen) atoms. The van der Waals surface area contributed by atoms with E-state index in [1.165, 1.54) is 19.3 Å². The average Bonchev–Trinajstić information content (AvgIpc) is 4.14. The molecule has 8 heterocycles. The Kier molecular flexibility index (Phi) is 22.4. The summed E-state index contributed by atoms with van der Waals surface area (Å²) < 4.78 is 83.3. The Morgan fingerprint density at radius 2 is 1.28 bits per heavy atom.